The zero-order valence-electron chi connectivity index (χ0n) is 13.4. The van der Waals surface area contributed by atoms with Gasteiger partial charge in [0, 0.05) is 14.1 Å². The highest BCUT2D eigenvalue weighted by atomic mass is 32.2. The van der Waals surface area contributed by atoms with Crippen molar-refractivity contribution in [2.24, 2.45) is 0 Å². The van der Waals surface area contributed by atoms with Crippen molar-refractivity contribution in [2.45, 2.75) is 49.1 Å². The van der Waals surface area contributed by atoms with Crippen LogP contribution in [0.4, 0.5) is 11.9 Å². The third-order valence-corrected chi connectivity index (χ3v) is 4.73. The predicted molar refractivity (Wildman–Crippen MR) is 88.1 cm³/mol. The van der Waals surface area contributed by atoms with E-state index in [0.717, 1.165) is 18.0 Å². The number of rotatable bonds is 5. The summed E-state index contributed by atoms with van der Waals surface area (Å²) in [4.78, 5) is 14.5. The lowest BCUT2D eigenvalue weighted by Crippen LogP contribution is -2.16. The molecule has 10 heteroatoms. The van der Waals surface area contributed by atoms with E-state index in [9.17, 15) is 0 Å². The van der Waals surface area contributed by atoms with Gasteiger partial charge in [0.15, 0.2) is 0 Å². The lowest BCUT2D eigenvalue weighted by atomic mass is 9.96. The fourth-order valence-corrected chi connectivity index (χ4v) is 3.45. The summed E-state index contributed by atoms with van der Waals surface area (Å²) in [5.41, 5.74) is 5.75. The van der Waals surface area contributed by atoms with E-state index in [2.05, 4.69) is 30.5 Å². The molecule has 124 valence electrons. The van der Waals surface area contributed by atoms with Crippen molar-refractivity contribution in [3.8, 4) is 0 Å². The van der Waals surface area contributed by atoms with Crippen LogP contribution in [-0.2, 0) is 5.75 Å². The normalized spacial score (nSPS) is 15.7. The van der Waals surface area contributed by atoms with Gasteiger partial charge in [-0.1, -0.05) is 31.0 Å². The van der Waals surface area contributed by atoms with Crippen LogP contribution in [0.2, 0.25) is 0 Å². The van der Waals surface area contributed by atoms with Crippen LogP contribution in [0.1, 0.15) is 44.0 Å². The topological polar surface area (TPSA) is 112 Å². The van der Waals surface area contributed by atoms with Gasteiger partial charge in [-0.15, -0.1) is 5.10 Å². The summed E-state index contributed by atoms with van der Waals surface area (Å²) in [6, 6.07) is 0.405. The largest absolute Gasteiger partial charge is 0.368 e. The molecule has 9 nitrogen and oxygen atoms in total. The second-order valence-corrected chi connectivity index (χ2v) is 6.73. The van der Waals surface area contributed by atoms with E-state index in [1.807, 2.05) is 18.8 Å². The minimum absolute atomic E-state index is 0.228. The molecule has 2 heterocycles. The molecule has 23 heavy (non-hydrogen) atoms. The quantitative estimate of drug-likeness (QED) is 0.808. The molecule has 0 bridgehead atoms. The number of tetrazole rings is 1. The van der Waals surface area contributed by atoms with E-state index in [1.54, 1.807) is 4.90 Å². The third kappa shape index (κ3) is 3.87. The van der Waals surface area contributed by atoms with E-state index in [4.69, 9.17) is 5.73 Å². The Labute approximate surface area is 139 Å². The maximum absolute atomic E-state index is 5.75. The number of thioether (sulfide) groups is 1. The van der Waals surface area contributed by atoms with Crippen LogP contribution in [0.5, 0.6) is 0 Å². The average molecular weight is 335 g/mol. The summed E-state index contributed by atoms with van der Waals surface area (Å²) in [7, 11) is 3.74. The van der Waals surface area contributed by atoms with Gasteiger partial charge in [0.25, 0.3) is 0 Å². The number of nitrogen functional groups attached to an aromatic ring is 1. The molecule has 3 rings (SSSR count). The van der Waals surface area contributed by atoms with Crippen LogP contribution in [0.25, 0.3) is 0 Å². The van der Waals surface area contributed by atoms with Gasteiger partial charge in [-0.3, -0.25) is 0 Å². The lowest BCUT2D eigenvalue weighted by molar-refractivity contribution is 0.307. The van der Waals surface area contributed by atoms with Crippen LogP contribution in [-0.4, -0.2) is 49.3 Å². The van der Waals surface area contributed by atoms with Crippen LogP contribution in [0, 0.1) is 0 Å². The Morgan fingerprint density at radius 1 is 1.17 bits per heavy atom. The molecule has 1 saturated carbocycles. The highest BCUT2D eigenvalue weighted by molar-refractivity contribution is 7.98. The molecule has 0 unspecified atom stereocenters. The number of hydrogen-bond acceptors (Lipinski definition) is 9. The first-order valence-corrected chi connectivity index (χ1v) is 8.70. The predicted octanol–water partition coefficient (Wildman–Crippen LogP) is 1.30. The molecular weight excluding hydrogens is 314 g/mol. The monoisotopic (exact) mass is 335 g/mol. The van der Waals surface area contributed by atoms with E-state index in [0.29, 0.717) is 23.6 Å². The third-order valence-electron chi connectivity index (χ3n) is 3.80. The average Bonchev–Trinajstić information content (AvgIpc) is 3.02. The second kappa shape index (κ2) is 7.07. The summed E-state index contributed by atoms with van der Waals surface area (Å²) in [5.74, 6) is 1.97. The van der Waals surface area contributed by atoms with Crippen molar-refractivity contribution in [1.82, 2.24) is 35.2 Å². The fraction of sp³-hybridized carbons (Fsp3) is 0.692. The summed E-state index contributed by atoms with van der Waals surface area (Å²) in [6.07, 6.45) is 6.07. The van der Waals surface area contributed by atoms with Crippen molar-refractivity contribution in [3.63, 3.8) is 0 Å². The Morgan fingerprint density at radius 2 is 1.96 bits per heavy atom. The Balaban J connectivity index is 1.70. The molecule has 2 aromatic rings. The maximum Gasteiger partial charge on any atom is 0.229 e. The van der Waals surface area contributed by atoms with Crippen LogP contribution in [0.3, 0.4) is 0 Å². The first-order valence-electron chi connectivity index (χ1n) is 7.72. The SMILES string of the molecule is CN(C)c1nc(N)nc(CSc2nnnn2C2CCCCC2)n1. The molecule has 0 saturated heterocycles. The molecule has 0 radical (unpaired) electrons. The Bertz CT molecular complexity index is 651. The molecule has 0 amide bonds. The van der Waals surface area contributed by atoms with Gasteiger partial charge >= 0.3 is 0 Å². The molecule has 1 aliphatic carbocycles. The van der Waals surface area contributed by atoms with Crippen molar-refractivity contribution < 1.29 is 0 Å². The maximum atomic E-state index is 5.75. The number of nitrogens with two attached hydrogens (primary N) is 1. The first kappa shape index (κ1) is 15.9. The Kier molecular flexibility index (Phi) is 4.89. The zero-order chi connectivity index (χ0) is 16.2. The standard InChI is InChI=1S/C13H21N9S/c1-21(2)12-16-10(15-11(14)17-12)8-23-13-18-19-20-22(13)9-6-4-3-5-7-9/h9H,3-8H2,1-2H3,(H2,14,15,16,17). The molecule has 0 spiro atoms. The van der Waals surface area contributed by atoms with E-state index in [1.165, 1.54) is 31.0 Å². The number of anilines is 2. The van der Waals surface area contributed by atoms with Crippen LogP contribution < -0.4 is 10.6 Å². The van der Waals surface area contributed by atoms with Gasteiger partial charge in [-0.05, 0) is 23.3 Å². The van der Waals surface area contributed by atoms with Gasteiger partial charge in [-0.2, -0.15) is 15.0 Å². The van der Waals surface area contributed by atoms with Gasteiger partial charge < -0.3 is 10.6 Å². The highest BCUT2D eigenvalue weighted by Crippen LogP contribution is 2.30. The summed E-state index contributed by atoms with van der Waals surface area (Å²) < 4.78 is 1.95. The molecule has 0 aromatic carbocycles. The Morgan fingerprint density at radius 3 is 2.70 bits per heavy atom. The summed E-state index contributed by atoms with van der Waals surface area (Å²) in [6.45, 7) is 0. The molecule has 1 fully saturated rings. The second-order valence-electron chi connectivity index (χ2n) is 5.79. The van der Waals surface area contributed by atoms with Crippen molar-refractivity contribution in [3.05, 3.63) is 5.82 Å². The summed E-state index contributed by atoms with van der Waals surface area (Å²) >= 11 is 1.53. The fourth-order valence-electron chi connectivity index (χ4n) is 2.65. The van der Waals surface area contributed by atoms with Gasteiger partial charge in [0.2, 0.25) is 17.1 Å². The minimum atomic E-state index is 0.228. The van der Waals surface area contributed by atoms with E-state index >= 15 is 0 Å². The van der Waals surface area contributed by atoms with Gasteiger partial charge in [-0.25, -0.2) is 4.68 Å². The molecular formula is C13H21N9S. The number of aromatic nitrogens is 7. The first-order chi connectivity index (χ1) is 11.1. The molecule has 2 N–H and O–H groups in total. The minimum Gasteiger partial charge on any atom is -0.368 e. The lowest BCUT2D eigenvalue weighted by Gasteiger charge is -2.21. The van der Waals surface area contributed by atoms with Crippen molar-refractivity contribution >= 4 is 23.7 Å². The summed E-state index contributed by atoms with van der Waals surface area (Å²) in [5, 5.41) is 12.9. The van der Waals surface area contributed by atoms with E-state index in [-0.39, 0.29) is 5.95 Å². The van der Waals surface area contributed by atoms with Crippen molar-refractivity contribution in [2.75, 3.05) is 24.7 Å². The Hall–Kier alpha value is -1.97. The van der Waals surface area contributed by atoms with E-state index < -0.39 is 0 Å². The van der Waals surface area contributed by atoms with Crippen molar-refractivity contribution in [1.29, 1.82) is 0 Å². The molecule has 0 atom stereocenters. The zero-order valence-corrected chi connectivity index (χ0v) is 14.2. The smallest absolute Gasteiger partial charge is 0.229 e. The molecule has 1 aliphatic rings. The van der Waals surface area contributed by atoms with Gasteiger partial charge in [0.05, 0.1) is 11.8 Å². The van der Waals surface area contributed by atoms with Crippen LogP contribution >= 0.6 is 11.8 Å². The van der Waals surface area contributed by atoms with Gasteiger partial charge in [0.1, 0.15) is 5.82 Å². The molecule has 2 aromatic heterocycles. The number of hydrogen-bond donors (Lipinski definition) is 1. The number of nitrogens with zero attached hydrogens (tertiary/aromatic N) is 8. The van der Waals surface area contributed by atoms with Crippen LogP contribution in [0.15, 0.2) is 5.16 Å². The highest BCUT2D eigenvalue weighted by Gasteiger charge is 2.20. The molecule has 0 aliphatic heterocycles.